The lowest BCUT2D eigenvalue weighted by molar-refractivity contribution is -0.145. The van der Waals surface area contributed by atoms with Crippen LogP contribution in [0.25, 0.3) is 5.65 Å². The first-order chi connectivity index (χ1) is 6.89. The van der Waals surface area contributed by atoms with E-state index in [1.54, 1.807) is 0 Å². The summed E-state index contributed by atoms with van der Waals surface area (Å²) in [7, 11) is 0. The Bertz CT molecular complexity index is 520. The highest BCUT2D eigenvalue weighted by Crippen LogP contribution is 2.30. The maximum Gasteiger partial charge on any atom is 0.452 e. The molecular weight excluding hydrogens is 254 g/mol. The molecule has 0 aliphatic carbocycles. The minimum Gasteiger partial charge on any atom is -0.276 e. The van der Waals surface area contributed by atoms with Crippen LogP contribution in [0.2, 0.25) is 10.0 Å². The summed E-state index contributed by atoms with van der Waals surface area (Å²) in [6.45, 7) is 0. The zero-order valence-electron chi connectivity index (χ0n) is 6.89. The van der Waals surface area contributed by atoms with Crippen LogP contribution in [0.5, 0.6) is 0 Å². The van der Waals surface area contributed by atoms with Crippen molar-refractivity contribution < 1.29 is 13.2 Å². The predicted molar refractivity (Wildman–Crippen MR) is 48.0 cm³/mol. The number of aromatic nitrogens is 3. The van der Waals surface area contributed by atoms with Crippen molar-refractivity contribution in [2.24, 2.45) is 0 Å². The molecule has 0 aromatic carbocycles. The molecule has 0 aliphatic heterocycles. The maximum absolute atomic E-state index is 12.4. The number of hydrogen-bond acceptors (Lipinski definition) is 2. The molecule has 0 spiro atoms. The van der Waals surface area contributed by atoms with Gasteiger partial charge in [-0.25, -0.2) is 0 Å². The number of alkyl halides is 3. The number of fused-ring (bicyclic) bond motifs is 1. The first-order valence-electron chi connectivity index (χ1n) is 3.66. The van der Waals surface area contributed by atoms with Crippen molar-refractivity contribution in [2.75, 3.05) is 0 Å². The van der Waals surface area contributed by atoms with Crippen molar-refractivity contribution in [3.8, 4) is 0 Å². The second-order valence-corrected chi connectivity index (χ2v) is 3.56. The van der Waals surface area contributed by atoms with Gasteiger partial charge >= 0.3 is 6.18 Å². The third kappa shape index (κ3) is 1.74. The molecule has 0 unspecified atom stereocenters. The van der Waals surface area contributed by atoms with Gasteiger partial charge in [-0.2, -0.15) is 13.2 Å². The van der Waals surface area contributed by atoms with E-state index in [9.17, 15) is 13.2 Å². The smallest absolute Gasteiger partial charge is 0.276 e. The molecular formula is C7H2Cl2F3N3. The molecule has 0 atom stereocenters. The van der Waals surface area contributed by atoms with Gasteiger partial charge in [-0.1, -0.05) is 23.2 Å². The minimum absolute atomic E-state index is 0.0190. The molecule has 3 nitrogen and oxygen atoms in total. The van der Waals surface area contributed by atoms with Crippen molar-refractivity contribution in [2.45, 2.75) is 6.18 Å². The molecule has 0 aliphatic rings. The largest absolute Gasteiger partial charge is 0.452 e. The van der Waals surface area contributed by atoms with E-state index in [-0.39, 0.29) is 15.7 Å². The van der Waals surface area contributed by atoms with Gasteiger partial charge in [-0.15, -0.1) is 10.2 Å². The van der Waals surface area contributed by atoms with Crippen LogP contribution in [0.3, 0.4) is 0 Å². The first kappa shape index (κ1) is 10.5. The summed E-state index contributed by atoms with van der Waals surface area (Å²) in [4.78, 5) is 0. The number of halogens is 5. The average Bonchev–Trinajstić information content (AvgIpc) is 2.45. The lowest BCUT2D eigenvalue weighted by Crippen LogP contribution is -2.10. The standard InChI is InChI=1S/C7H2Cl2F3N3/c8-3-1-4(9)5-13-14-6(7(10,11)12)15(5)2-3/h1-2H. The molecule has 0 bridgehead atoms. The maximum atomic E-state index is 12.4. The van der Waals surface area contributed by atoms with Crippen molar-refractivity contribution in [3.05, 3.63) is 28.1 Å². The van der Waals surface area contributed by atoms with Gasteiger partial charge in [-0.05, 0) is 6.07 Å². The highest BCUT2D eigenvalue weighted by molar-refractivity contribution is 6.36. The third-order valence-corrected chi connectivity index (χ3v) is 2.16. The number of hydrogen-bond donors (Lipinski definition) is 0. The van der Waals surface area contributed by atoms with Crippen LogP contribution in [0.1, 0.15) is 5.82 Å². The van der Waals surface area contributed by atoms with E-state index in [1.807, 2.05) is 0 Å². The van der Waals surface area contributed by atoms with Gasteiger partial charge in [0.05, 0.1) is 10.0 Å². The Morgan fingerprint density at radius 1 is 1.20 bits per heavy atom. The van der Waals surface area contributed by atoms with Crippen LogP contribution in [-0.4, -0.2) is 14.6 Å². The van der Waals surface area contributed by atoms with Crippen LogP contribution in [-0.2, 0) is 6.18 Å². The first-order valence-corrected chi connectivity index (χ1v) is 4.42. The Hall–Kier alpha value is -1.01. The van der Waals surface area contributed by atoms with Crippen LogP contribution >= 0.6 is 23.2 Å². The second-order valence-electron chi connectivity index (χ2n) is 2.72. The number of rotatable bonds is 0. The van der Waals surface area contributed by atoms with Gasteiger partial charge < -0.3 is 0 Å². The van der Waals surface area contributed by atoms with E-state index in [0.29, 0.717) is 4.40 Å². The van der Waals surface area contributed by atoms with Crippen molar-refractivity contribution in [1.82, 2.24) is 14.6 Å². The molecule has 0 N–H and O–H groups in total. The van der Waals surface area contributed by atoms with E-state index in [2.05, 4.69) is 10.2 Å². The summed E-state index contributed by atoms with van der Waals surface area (Å²) >= 11 is 11.2. The molecule has 8 heteroatoms. The van der Waals surface area contributed by atoms with E-state index >= 15 is 0 Å². The highest BCUT2D eigenvalue weighted by Gasteiger charge is 2.37. The van der Waals surface area contributed by atoms with E-state index < -0.39 is 12.0 Å². The normalized spacial score (nSPS) is 12.3. The van der Waals surface area contributed by atoms with Gasteiger partial charge in [0.1, 0.15) is 0 Å². The summed E-state index contributed by atoms with van der Waals surface area (Å²) in [6, 6.07) is 1.30. The SMILES string of the molecule is FC(F)(F)c1nnc2c(Cl)cc(Cl)cn12. The van der Waals surface area contributed by atoms with Crippen LogP contribution < -0.4 is 0 Å². The molecule has 2 aromatic heterocycles. The zero-order valence-corrected chi connectivity index (χ0v) is 8.40. The lowest BCUT2D eigenvalue weighted by atomic mass is 10.4. The van der Waals surface area contributed by atoms with E-state index in [0.717, 1.165) is 6.20 Å². The van der Waals surface area contributed by atoms with Gasteiger partial charge in [-0.3, -0.25) is 4.40 Å². The monoisotopic (exact) mass is 255 g/mol. The fourth-order valence-corrected chi connectivity index (χ4v) is 1.62. The second kappa shape index (κ2) is 3.24. The van der Waals surface area contributed by atoms with Gasteiger partial charge in [0.2, 0.25) is 5.82 Å². The van der Waals surface area contributed by atoms with Crippen molar-refractivity contribution in [1.29, 1.82) is 0 Å². The summed E-state index contributed by atoms with van der Waals surface area (Å²) in [5.41, 5.74) is -0.0756. The van der Waals surface area contributed by atoms with Crippen LogP contribution in [0.15, 0.2) is 12.3 Å². The quantitative estimate of drug-likeness (QED) is 0.725. The molecule has 15 heavy (non-hydrogen) atoms. The molecule has 0 amide bonds. The lowest BCUT2D eigenvalue weighted by Gasteiger charge is -2.04. The Balaban J connectivity index is 2.80. The van der Waals surface area contributed by atoms with E-state index in [4.69, 9.17) is 23.2 Å². The molecule has 0 saturated carbocycles. The summed E-state index contributed by atoms with van der Waals surface area (Å²) in [5, 5.41) is 6.44. The predicted octanol–water partition coefficient (Wildman–Crippen LogP) is 3.05. The average molecular weight is 256 g/mol. The fourth-order valence-electron chi connectivity index (χ4n) is 1.12. The van der Waals surface area contributed by atoms with Crippen LogP contribution in [0, 0.1) is 0 Å². The Kier molecular flexibility index (Phi) is 2.27. The molecule has 80 valence electrons. The summed E-state index contributed by atoms with van der Waals surface area (Å²) in [5.74, 6) is -1.15. The third-order valence-electron chi connectivity index (χ3n) is 1.68. The number of pyridine rings is 1. The van der Waals surface area contributed by atoms with Crippen LogP contribution in [0.4, 0.5) is 13.2 Å². The van der Waals surface area contributed by atoms with Crippen molar-refractivity contribution in [3.63, 3.8) is 0 Å². The molecule has 2 aromatic rings. The molecule has 2 rings (SSSR count). The molecule has 0 fully saturated rings. The van der Waals surface area contributed by atoms with E-state index in [1.165, 1.54) is 6.07 Å². The van der Waals surface area contributed by atoms with Gasteiger partial charge in [0, 0.05) is 6.20 Å². The molecule has 0 radical (unpaired) electrons. The zero-order chi connectivity index (χ0) is 11.2. The topological polar surface area (TPSA) is 30.2 Å². The molecule has 2 heterocycles. The Labute approximate surface area is 91.4 Å². The summed E-state index contributed by atoms with van der Waals surface area (Å²) in [6.07, 6.45) is -3.53. The minimum atomic E-state index is -4.59. The van der Waals surface area contributed by atoms with Crippen molar-refractivity contribution >= 4 is 28.8 Å². The molecule has 0 saturated heterocycles. The Morgan fingerprint density at radius 2 is 1.87 bits per heavy atom. The fraction of sp³-hybridized carbons (Fsp3) is 0.143. The van der Waals surface area contributed by atoms with Gasteiger partial charge in [0.15, 0.2) is 5.65 Å². The van der Waals surface area contributed by atoms with Gasteiger partial charge in [0.25, 0.3) is 0 Å². The summed E-state index contributed by atoms with van der Waals surface area (Å²) < 4.78 is 37.9. The number of nitrogens with zero attached hydrogens (tertiary/aromatic N) is 3. The highest BCUT2D eigenvalue weighted by atomic mass is 35.5. The Morgan fingerprint density at radius 3 is 2.47 bits per heavy atom.